The molecule has 2 aliphatic rings. The summed E-state index contributed by atoms with van der Waals surface area (Å²) in [6.45, 7) is 2.67. The molecular weight excluding hydrogens is 591 g/mol. The summed E-state index contributed by atoms with van der Waals surface area (Å²) in [4.78, 5) is 32.9. The van der Waals surface area contributed by atoms with E-state index in [4.69, 9.17) is 0 Å². The molecule has 0 aliphatic carbocycles. The van der Waals surface area contributed by atoms with Crippen LogP contribution in [-0.4, -0.2) is 85.4 Å². The fourth-order valence-electron chi connectivity index (χ4n) is 6.63. The van der Waals surface area contributed by atoms with Gasteiger partial charge in [-0.15, -0.1) is 0 Å². The zero-order valence-corrected chi connectivity index (χ0v) is 25.0. The molecule has 0 saturated carbocycles. The van der Waals surface area contributed by atoms with Gasteiger partial charge in [0, 0.05) is 37.0 Å². The van der Waals surface area contributed by atoms with Gasteiger partial charge in [0.15, 0.2) is 5.78 Å². The highest BCUT2D eigenvalue weighted by molar-refractivity contribution is 5.99. The Bertz CT molecular complexity index is 1330. The van der Waals surface area contributed by atoms with E-state index in [1.54, 1.807) is 6.07 Å². The van der Waals surface area contributed by atoms with E-state index in [-0.39, 0.29) is 43.6 Å². The molecule has 0 radical (unpaired) electrons. The van der Waals surface area contributed by atoms with Crippen molar-refractivity contribution in [1.82, 2.24) is 14.7 Å². The lowest BCUT2D eigenvalue weighted by Gasteiger charge is -2.45. The molecule has 12 heteroatoms. The minimum absolute atomic E-state index is 0.0366. The number of hydrogen-bond donors (Lipinski definition) is 0. The van der Waals surface area contributed by atoms with Crippen LogP contribution in [0.4, 0.5) is 30.7 Å². The predicted octanol–water partition coefficient (Wildman–Crippen LogP) is 6.56. The smallest absolute Gasteiger partial charge is 0.330 e. The monoisotopic (exact) mass is 629 g/mol. The van der Waals surface area contributed by atoms with E-state index in [9.17, 15) is 40.3 Å². The molecule has 2 fully saturated rings. The van der Waals surface area contributed by atoms with Crippen LogP contribution in [0.5, 0.6) is 0 Å². The minimum Gasteiger partial charge on any atom is -0.330 e. The molecule has 2 aromatic rings. The van der Waals surface area contributed by atoms with Gasteiger partial charge in [0.1, 0.15) is 11.9 Å². The van der Waals surface area contributed by atoms with Crippen LogP contribution in [0.25, 0.3) is 0 Å². The van der Waals surface area contributed by atoms with Gasteiger partial charge in [-0.05, 0) is 89.1 Å². The van der Waals surface area contributed by atoms with E-state index in [0.29, 0.717) is 18.5 Å². The Morgan fingerprint density at radius 2 is 1.64 bits per heavy atom. The lowest BCUT2D eigenvalue weighted by molar-refractivity contribution is -0.185. The quantitative estimate of drug-likeness (QED) is 0.179. The van der Waals surface area contributed by atoms with E-state index in [0.717, 1.165) is 36.1 Å². The van der Waals surface area contributed by atoms with Gasteiger partial charge in [-0.3, -0.25) is 9.59 Å². The third-order valence-electron chi connectivity index (χ3n) is 8.82. The molecule has 0 N–H and O–H groups in total. The molecule has 0 unspecified atom stereocenters. The maximum atomic E-state index is 14.9. The van der Waals surface area contributed by atoms with E-state index in [1.165, 1.54) is 25.1 Å². The zero-order chi connectivity index (χ0) is 32.4. The number of nitrogens with zero attached hydrogens (tertiary/aromatic N) is 3. The SMILES string of the molecule is Cc1c(F)cccc1[C@@H]1[C@@H](C(=O)c2cccc(C(F)(F)F)c2)CN(CCCCN(C)C)C[C@H]1C(=O)N1CCC[C@H]1C(F)(F)F. The van der Waals surface area contributed by atoms with Crippen molar-refractivity contribution in [1.29, 1.82) is 0 Å². The van der Waals surface area contributed by atoms with Crippen molar-refractivity contribution in [3.63, 3.8) is 0 Å². The van der Waals surface area contributed by atoms with Gasteiger partial charge in [-0.25, -0.2) is 4.39 Å². The van der Waals surface area contributed by atoms with Crippen molar-refractivity contribution in [3.05, 3.63) is 70.5 Å². The number of hydrogen-bond acceptors (Lipinski definition) is 4. The summed E-state index contributed by atoms with van der Waals surface area (Å²) < 4.78 is 97.5. The molecule has 0 bridgehead atoms. The fraction of sp³-hybridized carbons (Fsp3) is 0.562. The molecule has 4 atom stereocenters. The summed E-state index contributed by atoms with van der Waals surface area (Å²) in [6.07, 6.45) is -7.99. The standard InChI is InChI=1S/C32H38F7N3O2/c1-20-23(11-7-12-26(20)33)28-24(29(43)21-9-6-10-22(17-21)31(34,35)36)18-41(15-5-4-14-40(2)3)19-25(28)30(44)42-16-8-13-27(42)32(37,38)39/h6-7,9-12,17,24-25,27-28H,4-5,8,13-16,18-19H2,1-3H3/t24-,25+,27-,28+/m0/s1. The first kappa shape index (κ1) is 33.9. The van der Waals surface area contributed by atoms with Crippen LogP contribution >= 0.6 is 0 Å². The van der Waals surface area contributed by atoms with Crippen LogP contribution in [0.15, 0.2) is 42.5 Å². The van der Waals surface area contributed by atoms with Crippen LogP contribution in [0.1, 0.15) is 58.6 Å². The molecule has 2 aliphatic heterocycles. The first-order valence-electron chi connectivity index (χ1n) is 14.8. The Morgan fingerprint density at radius 1 is 0.955 bits per heavy atom. The van der Waals surface area contributed by atoms with Gasteiger partial charge in [0.05, 0.1) is 11.5 Å². The molecular formula is C32H38F7N3O2. The Morgan fingerprint density at radius 3 is 2.30 bits per heavy atom. The number of benzene rings is 2. The van der Waals surface area contributed by atoms with Crippen LogP contribution in [0.2, 0.25) is 0 Å². The maximum absolute atomic E-state index is 14.9. The molecule has 1 amide bonds. The number of amides is 1. The number of carbonyl (C=O) groups excluding carboxylic acids is 2. The van der Waals surface area contributed by atoms with Gasteiger partial charge >= 0.3 is 12.4 Å². The molecule has 2 saturated heterocycles. The largest absolute Gasteiger partial charge is 0.416 e. The fourth-order valence-corrected chi connectivity index (χ4v) is 6.63. The lowest BCUT2D eigenvalue weighted by Crippen LogP contribution is -2.55. The van der Waals surface area contributed by atoms with Crippen molar-refractivity contribution >= 4 is 11.7 Å². The number of likely N-dealkylation sites (tertiary alicyclic amines) is 2. The summed E-state index contributed by atoms with van der Waals surface area (Å²) in [7, 11) is 3.83. The van der Waals surface area contributed by atoms with Gasteiger partial charge in [-0.1, -0.05) is 24.3 Å². The summed E-state index contributed by atoms with van der Waals surface area (Å²) >= 11 is 0. The third kappa shape index (κ3) is 7.62. The first-order chi connectivity index (χ1) is 20.6. The number of carbonyl (C=O) groups is 2. The van der Waals surface area contributed by atoms with E-state index in [1.807, 2.05) is 23.9 Å². The van der Waals surface area contributed by atoms with Crippen molar-refractivity contribution in [2.45, 2.75) is 56.9 Å². The molecule has 242 valence electrons. The van der Waals surface area contributed by atoms with E-state index >= 15 is 0 Å². The second-order valence-corrected chi connectivity index (χ2v) is 12.1. The normalized spacial score (nSPS) is 23.4. The topological polar surface area (TPSA) is 43.9 Å². The molecule has 4 rings (SSSR count). The van der Waals surface area contributed by atoms with E-state index in [2.05, 4.69) is 0 Å². The Hall–Kier alpha value is -2.99. The van der Waals surface area contributed by atoms with Gasteiger partial charge < -0.3 is 14.7 Å². The first-order valence-corrected chi connectivity index (χ1v) is 14.8. The van der Waals surface area contributed by atoms with Gasteiger partial charge in [-0.2, -0.15) is 26.3 Å². The van der Waals surface area contributed by atoms with Crippen molar-refractivity contribution < 1.29 is 40.3 Å². The molecule has 5 nitrogen and oxygen atoms in total. The number of unbranched alkanes of at least 4 members (excludes halogenated alkanes) is 1. The average Bonchev–Trinajstić information content (AvgIpc) is 3.46. The van der Waals surface area contributed by atoms with Crippen LogP contribution in [-0.2, 0) is 11.0 Å². The zero-order valence-electron chi connectivity index (χ0n) is 25.0. The Balaban J connectivity index is 1.80. The average molecular weight is 630 g/mol. The van der Waals surface area contributed by atoms with Crippen molar-refractivity contribution in [2.24, 2.45) is 11.8 Å². The lowest BCUT2D eigenvalue weighted by atomic mass is 9.69. The minimum atomic E-state index is -4.71. The van der Waals surface area contributed by atoms with Crippen molar-refractivity contribution in [2.75, 3.05) is 46.8 Å². The summed E-state index contributed by atoms with van der Waals surface area (Å²) in [5.41, 5.74) is -0.802. The summed E-state index contributed by atoms with van der Waals surface area (Å²) in [5, 5.41) is 0. The number of Topliss-reactive ketones (excluding diaryl/α,β-unsaturated/α-hetero) is 1. The van der Waals surface area contributed by atoms with Gasteiger partial charge in [0.2, 0.25) is 5.91 Å². The van der Waals surface area contributed by atoms with Crippen molar-refractivity contribution in [3.8, 4) is 0 Å². The highest BCUT2D eigenvalue weighted by Gasteiger charge is 2.52. The molecule has 2 aromatic carbocycles. The highest BCUT2D eigenvalue weighted by Crippen LogP contribution is 2.44. The Labute approximate surface area is 253 Å². The second-order valence-electron chi connectivity index (χ2n) is 12.1. The van der Waals surface area contributed by atoms with Gasteiger partial charge in [0.25, 0.3) is 0 Å². The molecule has 44 heavy (non-hydrogen) atoms. The number of rotatable bonds is 9. The summed E-state index contributed by atoms with van der Waals surface area (Å²) in [6, 6.07) is 6.18. The Kier molecular flexibility index (Phi) is 10.4. The third-order valence-corrected chi connectivity index (χ3v) is 8.82. The number of ketones is 1. The predicted molar refractivity (Wildman–Crippen MR) is 152 cm³/mol. The molecule has 2 heterocycles. The van der Waals surface area contributed by atoms with E-state index < -0.39 is 59.2 Å². The van der Waals surface area contributed by atoms with Crippen LogP contribution < -0.4 is 0 Å². The van der Waals surface area contributed by atoms with Crippen LogP contribution in [0, 0.1) is 24.6 Å². The number of alkyl halides is 6. The maximum Gasteiger partial charge on any atom is 0.416 e. The number of piperidine rings is 1. The molecule has 0 aromatic heterocycles. The van der Waals surface area contributed by atoms with Crippen LogP contribution in [0.3, 0.4) is 0 Å². The summed E-state index contributed by atoms with van der Waals surface area (Å²) in [5.74, 6) is -5.37. The number of halogens is 7. The highest BCUT2D eigenvalue weighted by atomic mass is 19.4. The second kappa shape index (κ2) is 13.6. The molecule has 0 spiro atoms.